The molecule has 24 heavy (non-hydrogen) atoms. The van der Waals surface area contributed by atoms with E-state index in [9.17, 15) is 5.11 Å². The van der Waals surface area contributed by atoms with E-state index < -0.39 is 24.0 Å². The molecule has 5 aliphatic rings. The van der Waals surface area contributed by atoms with Crippen molar-refractivity contribution >= 4 is 0 Å². The summed E-state index contributed by atoms with van der Waals surface area (Å²) in [5, 5.41) is 10.3. The Morgan fingerprint density at radius 3 is 2.00 bits per heavy atom. The summed E-state index contributed by atoms with van der Waals surface area (Å²) < 4.78 is 30.6. The minimum absolute atomic E-state index is 0.185. The summed E-state index contributed by atoms with van der Waals surface area (Å²) >= 11 is 0. The molecule has 6 nitrogen and oxygen atoms in total. The third kappa shape index (κ3) is 2.54. The van der Waals surface area contributed by atoms with E-state index in [2.05, 4.69) is 0 Å². The van der Waals surface area contributed by atoms with E-state index in [0.29, 0.717) is 6.61 Å². The number of hydrogen-bond donors (Lipinski definition) is 1. The van der Waals surface area contributed by atoms with Crippen molar-refractivity contribution in [3.63, 3.8) is 0 Å². The fourth-order valence-corrected chi connectivity index (χ4v) is 5.17. The molecule has 5 atom stereocenters. The lowest BCUT2D eigenvalue weighted by Crippen LogP contribution is -2.43. The highest BCUT2D eigenvalue weighted by molar-refractivity contribution is 5.01. The number of ether oxygens (including phenoxy) is 5. The van der Waals surface area contributed by atoms with Gasteiger partial charge in [0, 0.05) is 25.7 Å². The molecule has 5 fully saturated rings. The first-order valence-corrected chi connectivity index (χ1v) is 9.70. The Labute approximate surface area is 142 Å². The molecule has 6 heteroatoms. The molecule has 0 bridgehead atoms. The van der Waals surface area contributed by atoms with Gasteiger partial charge in [0.05, 0.1) is 6.61 Å². The average Bonchev–Trinajstić information content (AvgIpc) is 3.24. The number of rotatable bonds is 1. The molecule has 0 amide bonds. The molecule has 3 aliphatic heterocycles. The molecule has 2 spiro atoms. The lowest BCUT2D eigenvalue weighted by Gasteiger charge is -2.35. The predicted molar refractivity (Wildman–Crippen MR) is 83.1 cm³/mol. The van der Waals surface area contributed by atoms with E-state index in [0.717, 1.165) is 51.4 Å². The van der Waals surface area contributed by atoms with Crippen molar-refractivity contribution in [1.29, 1.82) is 0 Å². The SMILES string of the molecule is OC1O[C@H]([C@H]2COC3(CCCCC3)O2)[C@@H]2OC3(CCCCC3)O[C@H]12. The number of aliphatic hydroxyl groups excluding tert-OH is 1. The van der Waals surface area contributed by atoms with Crippen LogP contribution in [0.1, 0.15) is 64.2 Å². The van der Waals surface area contributed by atoms with Gasteiger partial charge in [-0.3, -0.25) is 0 Å². The minimum atomic E-state index is -0.937. The summed E-state index contributed by atoms with van der Waals surface area (Å²) in [5.41, 5.74) is 0. The van der Waals surface area contributed by atoms with Crippen molar-refractivity contribution in [2.45, 2.75) is 106 Å². The molecule has 136 valence electrons. The quantitative estimate of drug-likeness (QED) is 0.789. The molecule has 0 aromatic heterocycles. The molecular formula is C18H28O6. The van der Waals surface area contributed by atoms with E-state index in [-0.39, 0.29) is 18.3 Å². The zero-order chi connectivity index (χ0) is 16.2. The molecule has 1 N–H and O–H groups in total. The van der Waals surface area contributed by atoms with Gasteiger partial charge in [-0.15, -0.1) is 0 Å². The highest BCUT2D eigenvalue weighted by atomic mass is 16.8. The monoisotopic (exact) mass is 340 g/mol. The second kappa shape index (κ2) is 5.89. The Bertz CT molecular complexity index is 470. The maximum Gasteiger partial charge on any atom is 0.184 e. The van der Waals surface area contributed by atoms with Gasteiger partial charge in [-0.05, 0) is 25.7 Å². The van der Waals surface area contributed by atoms with E-state index >= 15 is 0 Å². The third-order valence-corrected chi connectivity index (χ3v) is 6.40. The van der Waals surface area contributed by atoms with Gasteiger partial charge in [0.2, 0.25) is 0 Å². The van der Waals surface area contributed by atoms with Crippen LogP contribution in [-0.4, -0.2) is 54.0 Å². The molecule has 1 unspecified atom stereocenters. The Kier molecular flexibility index (Phi) is 3.92. The van der Waals surface area contributed by atoms with Crippen molar-refractivity contribution < 1.29 is 28.8 Å². The molecule has 0 radical (unpaired) electrons. The second-order valence-corrected chi connectivity index (χ2v) is 8.07. The molecular weight excluding hydrogens is 312 g/mol. The minimum Gasteiger partial charge on any atom is -0.366 e. The largest absolute Gasteiger partial charge is 0.366 e. The van der Waals surface area contributed by atoms with Crippen molar-refractivity contribution in [2.24, 2.45) is 0 Å². The first-order chi connectivity index (χ1) is 11.7. The van der Waals surface area contributed by atoms with Gasteiger partial charge in [0.25, 0.3) is 0 Å². The maximum absolute atomic E-state index is 10.3. The fraction of sp³-hybridized carbons (Fsp3) is 1.00. The van der Waals surface area contributed by atoms with Crippen LogP contribution in [0.2, 0.25) is 0 Å². The normalized spacial score (nSPS) is 46.6. The Balaban J connectivity index is 1.30. The van der Waals surface area contributed by atoms with Gasteiger partial charge < -0.3 is 28.8 Å². The van der Waals surface area contributed by atoms with Crippen LogP contribution in [-0.2, 0) is 23.7 Å². The van der Waals surface area contributed by atoms with Crippen LogP contribution in [0.5, 0.6) is 0 Å². The Morgan fingerprint density at radius 1 is 0.667 bits per heavy atom. The van der Waals surface area contributed by atoms with Crippen LogP contribution in [0.3, 0.4) is 0 Å². The molecule has 3 saturated heterocycles. The first-order valence-electron chi connectivity index (χ1n) is 9.70. The highest BCUT2D eigenvalue weighted by Crippen LogP contribution is 2.48. The summed E-state index contributed by atoms with van der Waals surface area (Å²) in [6, 6.07) is 0. The summed E-state index contributed by atoms with van der Waals surface area (Å²) in [4.78, 5) is 0. The summed E-state index contributed by atoms with van der Waals surface area (Å²) in [6.07, 6.45) is 8.64. The molecule has 0 aromatic rings. The van der Waals surface area contributed by atoms with Crippen molar-refractivity contribution in [3.05, 3.63) is 0 Å². The van der Waals surface area contributed by atoms with Crippen LogP contribution in [0.25, 0.3) is 0 Å². The zero-order valence-corrected chi connectivity index (χ0v) is 14.2. The lowest BCUT2D eigenvalue weighted by atomic mass is 9.94. The zero-order valence-electron chi connectivity index (χ0n) is 14.2. The second-order valence-electron chi connectivity index (χ2n) is 8.07. The molecule has 3 heterocycles. The van der Waals surface area contributed by atoms with E-state index in [1.165, 1.54) is 12.8 Å². The third-order valence-electron chi connectivity index (χ3n) is 6.40. The predicted octanol–water partition coefficient (Wildman–Crippen LogP) is 2.22. The van der Waals surface area contributed by atoms with Gasteiger partial charge in [-0.2, -0.15) is 0 Å². The van der Waals surface area contributed by atoms with Gasteiger partial charge in [-0.25, -0.2) is 0 Å². The van der Waals surface area contributed by atoms with E-state index in [1.807, 2.05) is 0 Å². The van der Waals surface area contributed by atoms with Gasteiger partial charge in [0.15, 0.2) is 17.9 Å². The number of aliphatic hydroxyl groups is 1. The first kappa shape index (κ1) is 16.0. The number of hydrogen-bond acceptors (Lipinski definition) is 6. The fourth-order valence-electron chi connectivity index (χ4n) is 5.17. The lowest BCUT2D eigenvalue weighted by molar-refractivity contribution is -0.260. The molecule has 5 rings (SSSR count). The topological polar surface area (TPSA) is 66.4 Å². The summed E-state index contributed by atoms with van der Waals surface area (Å²) in [7, 11) is 0. The Morgan fingerprint density at radius 2 is 1.29 bits per heavy atom. The van der Waals surface area contributed by atoms with Crippen LogP contribution >= 0.6 is 0 Å². The highest BCUT2D eigenvalue weighted by Gasteiger charge is 2.61. The van der Waals surface area contributed by atoms with Gasteiger partial charge in [-0.1, -0.05) is 12.8 Å². The van der Waals surface area contributed by atoms with Crippen molar-refractivity contribution in [1.82, 2.24) is 0 Å². The molecule has 2 aliphatic carbocycles. The van der Waals surface area contributed by atoms with Crippen LogP contribution in [0, 0.1) is 0 Å². The van der Waals surface area contributed by atoms with Crippen molar-refractivity contribution in [2.75, 3.05) is 6.61 Å². The number of fused-ring (bicyclic) bond motifs is 1. The van der Waals surface area contributed by atoms with E-state index in [1.54, 1.807) is 0 Å². The average molecular weight is 340 g/mol. The van der Waals surface area contributed by atoms with Crippen LogP contribution in [0.15, 0.2) is 0 Å². The van der Waals surface area contributed by atoms with Gasteiger partial charge >= 0.3 is 0 Å². The molecule has 0 aromatic carbocycles. The molecule has 2 saturated carbocycles. The van der Waals surface area contributed by atoms with E-state index in [4.69, 9.17) is 23.7 Å². The Hall–Kier alpha value is -0.240. The smallest absolute Gasteiger partial charge is 0.184 e. The standard InChI is InChI=1S/C18H28O6/c19-16-15-14(23-18(24-15)9-5-2-6-10-18)13(21-16)12-11-20-17(22-12)7-3-1-4-8-17/h12-16,19H,1-11H2/t12-,13-,14+,15+,16?/m1/s1. The van der Waals surface area contributed by atoms with Crippen LogP contribution in [0.4, 0.5) is 0 Å². The summed E-state index contributed by atoms with van der Waals surface area (Å²) in [5.74, 6) is -0.949. The van der Waals surface area contributed by atoms with Crippen LogP contribution < -0.4 is 0 Å². The van der Waals surface area contributed by atoms with Crippen molar-refractivity contribution in [3.8, 4) is 0 Å². The summed E-state index contributed by atoms with van der Waals surface area (Å²) in [6.45, 7) is 0.511. The van der Waals surface area contributed by atoms with Gasteiger partial charge in [0.1, 0.15) is 24.4 Å². The maximum atomic E-state index is 10.3.